The topological polar surface area (TPSA) is 66.5 Å². The molecule has 208 valence electrons. The quantitative estimate of drug-likeness (QED) is 0.266. The number of aryl methyl sites for hydroxylation is 2. The molecule has 1 aliphatic heterocycles. The molecule has 39 heavy (non-hydrogen) atoms. The monoisotopic (exact) mass is 533 g/mol. The standard InChI is InChI=1S/C32H39NO6/c1-4-37-32(34)33-22-30(39-23-24-10-6-5-7-11-24)20-27(33)16-17-38-31-13-9-8-12-26(31)15-14-25-18-28(35-2)21-29(19-25)36-3/h5-13,18-19,21,27,30H,4,14-17,20,22-23H2,1-3H3/t27-,30-/m1/s1. The third kappa shape index (κ3) is 8.14. The summed E-state index contributed by atoms with van der Waals surface area (Å²) in [5.74, 6) is 2.43. The van der Waals surface area contributed by atoms with E-state index in [0.717, 1.165) is 53.2 Å². The molecular formula is C32H39NO6. The summed E-state index contributed by atoms with van der Waals surface area (Å²) in [6, 6.07) is 24.2. The van der Waals surface area contributed by atoms with Crippen molar-refractivity contribution in [2.24, 2.45) is 0 Å². The van der Waals surface area contributed by atoms with Gasteiger partial charge in [-0.25, -0.2) is 4.79 Å². The van der Waals surface area contributed by atoms with E-state index in [0.29, 0.717) is 32.8 Å². The Morgan fingerprint density at radius 1 is 0.897 bits per heavy atom. The third-order valence-corrected chi connectivity index (χ3v) is 6.98. The minimum atomic E-state index is -0.289. The minimum absolute atomic E-state index is 0.00114. The number of benzene rings is 3. The summed E-state index contributed by atoms with van der Waals surface area (Å²) in [6.45, 7) is 3.72. The smallest absolute Gasteiger partial charge is 0.410 e. The second-order valence-corrected chi connectivity index (χ2v) is 9.63. The van der Waals surface area contributed by atoms with Crippen molar-refractivity contribution in [1.82, 2.24) is 4.90 Å². The summed E-state index contributed by atoms with van der Waals surface area (Å²) in [5, 5.41) is 0. The largest absolute Gasteiger partial charge is 0.497 e. The zero-order chi connectivity index (χ0) is 27.5. The van der Waals surface area contributed by atoms with Crippen molar-refractivity contribution in [3.8, 4) is 17.2 Å². The van der Waals surface area contributed by atoms with Crippen LogP contribution in [0.1, 0.15) is 36.5 Å². The summed E-state index contributed by atoms with van der Waals surface area (Å²) < 4.78 is 28.6. The van der Waals surface area contributed by atoms with Gasteiger partial charge in [0.1, 0.15) is 17.2 Å². The fourth-order valence-electron chi connectivity index (χ4n) is 4.93. The fraction of sp³-hybridized carbons (Fsp3) is 0.406. The highest BCUT2D eigenvalue weighted by atomic mass is 16.6. The molecule has 1 aliphatic rings. The molecule has 1 amide bonds. The van der Waals surface area contributed by atoms with Crippen LogP contribution in [0.2, 0.25) is 0 Å². The predicted molar refractivity (Wildman–Crippen MR) is 151 cm³/mol. The van der Waals surface area contributed by atoms with Crippen LogP contribution in [0.4, 0.5) is 4.79 Å². The van der Waals surface area contributed by atoms with Crippen LogP contribution in [0.5, 0.6) is 17.2 Å². The molecule has 0 radical (unpaired) electrons. The third-order valence-electron chi connectivity index (χ3n) is 6.98. The first kappa shape index (κ1) is 28.3. The van der Waals surface area contributed by atoms with Gasteiger partial charge in [0.15, 0.2) is 0 Å². The van der Waals surface area contributed by atoms with Gasteiger partial charge in [-0.2, -0.15) is 0 Å². The van der Waals surface area contributed by atoms with E-state index in [9.17, 15) is 4.79 Å². The minimum Gasteiger partial charge on any atom is -0.497 e. The normalized spacial score (nSPS) is 16.6. The number of rotatable bonds is 13. The Hall–Kier alpha value is -3.71. The molecule has 3 aromatic carbocycles. The van der Waals surface area contributed by atoms with Gasteiger partial charge in [0.05, 0.1) is 46.7 Å². The molecule has 0 unspecified atom stereocenters. The van der Waals surface area contributed by atoms with Crippen molar-refractivity contribution in [1.29, 1.82) is 0 Å². The van der Waals surface area contributed by atoms with Crippen molar-refractivity contribution >= 4 is 6.09 Å². The molecule has 2 atom stereocenters. The van der Waals surface area contributed by atoms with E-state index in [2.05, 4.69) is 6.07 Å². The maximum Gasteiger partial charge on any atom is 0.410 e. The first-order valence-corrected chi connectivity index (χ1v) is 13.6. The fourth-order valence-corrected chi connectivity index (χ4v) is 4.93. The van der Waals surface area contributed by atoms with Gasteiger partial charge in [-0.05, 0) is 61.1 Å². The summed E-state index contributed by atoms with van der Waals surface area (Å²) >= 11 is 0. The van der Waals surface area contributed by atoms with Gasteiger partial charge in [0.2, 0.25) is 0 Å². The van der Waals surface area contributed by atoms with Gasteiger partial charge in [-0.3, -0.25) is 0 Å². The molecule has 0 bridgehead atoms. The van der Waals surface area contributed by atoms with Gasteiger partial charge in [0.25, 0.3) is 0 Å². The lowest BCUT2D eigenvalue weighted by atomic mass is 10.0. The van der Waals surface area contributed by atoms with Gasteiger partial charge in [-0.1, -0.05) is 48.5 Å². The van der Waals surface area contributed by atoms with Gasteiger partial charge in [-0.15, -0.1) is 0 Å². The molecule has 1 saturated heterocycles. The number of carbonyl (C=O) groups is 1. The first-order chi connectivity index (χ1) is 19.1. The molecule has 7 nitrogen and oxygen atoms in total. The molecule has 0 spiro atoms. The van der Waals surface area contributed by atoms with Crippen molar-refractivity contribution in [3.05, 3.63) is 89.5 Å². The number of carbonyl (C=O) groups excluding carboxylic acids is 1. The number of methoxy groups -OCH3 is 2. The maximum atomic E-state index is 12.7. The number of hydrogen-bond acceptors (Lipinski definition) is 6. The lowest BCUT2D eigenvalue weighted by Gasteiger charge is -2.23. The molecule has 0 aromatic heterocycles. The zero-order valence-electron chi connectivity index (χ0n) is 23.1. The van der Waals surface area contributed by atoms with Crippen molar-refractivity contribution < 1.29 is 28.5 Å². The van der Waals surface area contributed by atoms with E-state index in [1.165, 1.54) is 0 Å². The van der Waals surface area contributed by atoms with E-state index >= 15 is 0 Å². The molecule has 0 aliphatic carbocycles. The maximum absolute atomic E-state index is 12.7. The first-order valence-electron chi connectivity index (χ1n) is 13.6. The Kier molecular flexibility index (Phi) is 10.5. The van der Waals surface area contributed by atoms with Gasteiger partial charge >= 0.3 is 6.09 Å². The average Bonchev–Trinajstić information content (AvgIpc) is 3.39. The molecular weight excluding hydrogens is 494 g/mol. The lowest BCUT2D eigenvalue weighted by Crippen LogP contribution is -2.37. The number of ether oxygens (including phenoxy) is 5. The van der Waals surface area contributed by atoms with Crippen molar-refractivity contribution in [2.45, 2.75) is 51.4 Å². The number of likely N-dealkylation sites (tertiary alicyclic amines) is 1. The number of para-hydroxylation sites is 1. The lowest BCUT2D eigenvalue weighted by molar-refractivity contribution is 0.0442. The molecule has 0 saturated carbocycles. The van der Waals surface area contributed by atoms with Crippen LogP contribution < -0.4 is 14.2 Å². The van der Waals surface area contributed by atoms with Gasteiger partial charge in [0, 0.05) is 18.5 Å². The highest BCUT2D eigenvalue weighted by Crippen LogP contribution is 2.28. The molecule has 3 aromatic rings. The van der Waals surface area contributed by atoms with E-state index in [1.54, 1.807) is 19.1 Å². The number of nitrogens with zero attached hydrogens (tertiary/aromatic N) is 1. The predicted octanol–water partition coefficient (Wildman–Crippen LogP) is 6.07. The van der Waals surface area contributed by atoms with Crippen molar-refractivity contribution in [3.63, 3.8) is 0 Å². The van der Waals surface area contributed by atoms with Crippen LogP contribution in [0, 0.1) is 0 Å². The second-order valence-electron chi connectivity index (χ2n) is 9.63. The highest BCUT2D eigenvalue weighted by Gasteiger charge is 2.36. The summed E-state index contributed by atoms with van der Waals surface area (Å²) in [7, 11) is 3.32. The van der Waals surface area contributed by atoms with Crippen LogP contribution in [0.3, 0.4) is 0 Å². The van der Waals surface area contributed by atoms with Crippen LogP contribution in [-0.4, -0.2) is 57.1 Å². The summed E-state index contributed by atoms with van der Waals surface area (Å²) in [4.78, 5) is 14.5. The molecule has 7 heteroatoms. The SMILES string of the molecule is CCOC(=O)N1C[C@H](OCc2ccccc2)C[C@H]1CCOc1ccccc1CCc1cc(OC)cc(OC)c1. The molecule has 1 heterocycles. The molecule has 1 fully saturated rings. The Morgan fingerprint density at radius 2 is 1.62 bits per heavy atom. The Balaban J connectivity index is 1.33. The van der Waals surface area contributed by atoms with Crippen LogP contribution in [0.25, 0.3) is 0 Å². The second kappa shape index (κ2) is 14.4. The van der Waals surface area contributed by atoms with E-state index in [1.807, 2.05) is 73.7 Å². The van der Waals surface area contributed by atoms with Crippen LogP contribution in [-0.2, 0) is 28.9 Å². The van der Waals surface area contributed by atoms with Crippen LogP contribution >= 0.6 is 0 Å². The Bertz CT molecular complexity index is 1160. The summed E-state index contributed by atoms with van der Waals surface area (Å²) in [5.41, 5.74) is 3.39. The van der Waals surface area contributed by atoms with Gasteiger partial charge < -0.3 is 28.6 Å². The Labute approximate surface area is 231 Å². The molecule has 4 rings (SSSR count). The van der Waals surface area contributed by atoms with E-state index in [4.69, 9.17) is 23.7 Å². The summed E-state index contributed by atoms with van der Waals surface area (Å²) in [6.07, 6.45) is 2.78. The highest BCUT2D eigenvalue weighted by molar-refractivity contribution is 5.68. The zero-order valence-corrected chi connectivity index (χ0v) is 23.1. The molecule has 0 N–H and O–H groups in total. The van der Waals surface area contributed by atoms with Crippen LogP contribution in [0.15, 0.2) is 72.8 Å². The van der Waals surface area contributed by atoms with E-state index < -0.39 is 0 Å². The van der Waals surface area contributed by atoms with Crippen molar-refractivity contribution in [2.75, 3.05) is 34.0 Å². The number of hydrogen-bond donors (Lipinski definition) is 0. The van der Waals surface area contributed by atoms with E-state index in [-0.39, 0.29) is 18.2 Å². The average molecular weight is 534 g/mol. The Morgan fingerprint density at radius 3 is 2.33 bits per heavy atom. The number of amides is 1.